The maximum absolute atomic E-state index is 5.52. The van der Waals surface area contributed by atoms with Crippen LogP contribution in [0.4, 0.5) is 0 Å². The molecule has 0 spiro atoms. The van der Waals surface area contributed by atoms with Gasteiger partial charge in [0.25, 0.3) is 0 Å². The second-order valence-corrected chi connectivity index (χ2v) is 5.36. The molecule has 0 saturated carbocycles. The van der Waals surface area contributed by atoms with Crippen molar-refractivity contribution in [2.75, 3.05) is 18.1 Å². The molecular weight excluding hydrogens is 242 g/mol. The number of ether oxygens (including phenoxy) is 1. The van der Waals surface area contributed by atoms with Crippen LogP contribution in [0.2, 0.25) is 0 Å². The van der Waals surface area contributed by atoms with E-state index >= 15 is 0 Å². The van der Waals surface area contributed by atoms with E-state index in [9.17, 15) is 0 Å². The van der Waals surface area contributed by atoms with E-state index in [-0.39, 0.29) is 0 Å². The molecule has 3 heteroatoms. The van der Waals surface area contributed by atoms with Crippen LogP contribution in [-0.4, -0.2) is 24.2 Å². The Bertz CT molecular complexity index is 386. The topological polar surface area (TPSA) is 21.3 Å². The molecule has 1 N–H and O–H groups in total. The number of thioether (sulfide) groups is 1. The third-order valence-corrected chi connectivity index (χ3v) is 3.64. The number of terminal acetylenes is 1. The monoisotopic (exact) mass is 263 g/mol. The second-order valence-electron chi connectivity index (χ2n) is 4.04. The van der Waals surface area contributed by atoms with E-state index in [1.807, 2.05) is 30.0 Å². The predicted molar refractivity (Wildman–Crippen MR) is 80.1 cm³/mol. The van der Waals surface area contributed by atoms with Gasteiger partial charge in [-0.25, -0.2) is 0 Å². The zero-order valence-corrected chi connectivity index (χ0v) is 11.9. The highest BCUT2D eigenvalue weighted by molar-refractivity contribution is 7.99. The van der Waals surface area contributed by atoms with Gasteiger partial charge in [0.2, 0.25) is 0 Å². The predicted octanol–water partition coefficient (Wildman–Crippen LogP) is 2.93. The summed E-state index contributed by atoms with van der Waals surface area (Å²) in [6.45, 7) is 5.51. The highest BCUT2D eigenvalue weighted by Gasteiger charge is 2.05. The molecule has 1 unspecified atom stereocenters. The van der Waals surface area contributed by atoms with Crippen LogP contribution in [0.5, 0.6) is 5.75 Å². The van der Waals surface area contributed by atoms with Crippen molar-refractivity contribution in [1.29, 1.82) is 0 Å². The van der Waals surface area contributed by atoms with Gasteiger partial charge in [0.15, 0.2) is 0 Å². The summed E-state index contributed by atoms with van der Waals surface area (Å²) in [4.78, 5) is 0. The number of hydrogen-bond acceptors (Lipinski definition) is 3. The molecule has 0 aliphatic heterocycles. The number of benzene rings is 1. The SMILES string of the molecule is C#CCOc1ccccc1CNC(C)CSCC. The van der Waals surface area contributed by atoms with Gasteiger partial charge in [0, 0.05) is 23.9 Å². The largest absolute Gasteiger partial charge is 0.481 e. The molecule has 0 aliphatic carbocycles. The number of para-hydroxylation sites is 1. The molecular formula is C15H21NOS. The zero-order valence-electron chi connectivity index (χ0n) is 11.1. The van der Waals surface area contributed by atoms with Gasteiger partial charge in [-0.15, -0.1) is 6.42 Å². The molecule has 0 bridgehead atoms. The molecule has 0 saturated heterocycles. The molecule has 0 heterocycles. The lowest BCUT2D eigenvalue weighted by Gasteiger charge is -2.15. The maximum atomic E-state index is 5.52. The number of rotatable bonds is 8. The van der Waals surface area contributed by atoms with Crippen LogP contribution < -0.4 is 10.1 Å². The molecule has 0 aliphatic rings. The van der Waals surface area contributed by atoms with E-state index in [2.05, 4.69) is 31.2 Å². The number of nitrogens with one attached hydrogen (secondary N) is 1. The van der Waals surface area contributed by atoms with Crippen LogP contribution in [0.1, 0.15) is 19.4 Å². The van der Waals surface area contributed by atoms with E-state index in [4.69, 9.17) is 11.2 Å². The summed E-state index contributed by atoms with van der Waals surface area (Å²) in [6.07, 6.45) is 5.21. The molecule has 1 aromatic rings. The minimum Gasteiger partial charge on any atom is -0.481 e. The Morgan fingerprint density at radius 2 is 2.22 bits per heavy atom. The fourth-order valence-corrected chi connectivity index (χ4v) is 2.25. The van der Waals surface area contributed by atoms with Crippen molar-refractivity contribution >= 4 is 11.8 Å². The van der Waals surface area contributed by atoms with Crippen LogP contribution in [0.3, 0.4) is 0 Å². The van der Waals surface area contributed by atoms with Gasteiger partial charge in [-0.3, -0.25) is 0 Å². The molecule has 18 heavy (non-hydrogen) atoms. The molecule has 1 atom stereocenters. The van der Waals surface area contributed by atoms with Crippen LogP contribution in [0, 0.1) is 12.3 Å². The quantitative estimate of drug-likeness (QED) is 0.729. The highest BCUT2D eigenvalue weighted by Crippen LogP contribution is 2.17. The Hall–Kier alpha value is -1.11. The molecule has 98 valence electrons. The van der Waals surface area contributed by atoms with Crippen molar-refractivity contribution < 1.29 is 4.74 Å². The van der Waals surface area contributed by atoms with Crippen molar-refractivity contribution in [2.24, 2.45) is 0 Å². The van der Waals surface area contributed by atoms with E-state index in [1.165, 1.54) is 0 Å². The first kappa shape index (κ1) is 14.9. The zero-order chi connectivity index (χ0) is 13.2. The molecule has 1 rings (SSSR count). The standard InChI is InChI=1S/C15H21NOS/c1-4-10-17-15-9-7-6-8-14(15)11-16-13(3)12-18-5-2/h1,6-9,13,16H,5,10-12H2,2-3H3. The lowest BCUT2D eigenvalue weighted by Crippen LogP contribution is -2.27. The fraction of sp³-hybridized carbons (Fsp3) is 0.467. The Kier molecular flexibility index (Phi) is 7.40. The molecule has 0 fully saturated rings. The first-order chi connectivity index (χ1) is 8.77. The van der Waals surface area contributed by atoms with Gasteiger partial charge in [0.1, 0.15) is 12.4 Å². The summed E-state index contributed by atoms with van der Waals surface area (Å²) < 4.78 is 5.52. The summed E-state index contributed by atoms with van der Waals surface area (Å²) in [6, 6.07) is 8.51. The summed E-state index contributed by atoms with van der Waals surface area (Å²) >= 11 is 1.95. The van der Waals surface area contributed by atoms with Gasteiger partial charge in [-0.1, -0.05) is 31.0 Å². The van der Waals surface area contributed by atoms with Crippen molar-refractivity contribution in [3.05, 3.63) is 29.8 Å². The van der Waals surface area contributed by atoms with E-state index in [1.54, 1.807) is 0 Å². The van der Waals surface area contributed by atoms with Crippen LogP contribution in [-0.2, 0) is 6.54 Å². The lowest BCUT2D eigenvalue weighted by atomic mass is 10.2. The maximum Gasteiger partial charge on any atom is 0.148 e. The van der Waals surface area contributed by atoms with Crippen molar-refractivity contribution in [2.45, 2.75) is 26.4 Å². The van der Waals surface area contributed by atoms with Crippen molar-refractivity contribution in [1.82, 2.24) is 5.32 Å². The Labute approximate surface area is 115 Å². The third kappa shape index (κ3) is 5.48. The highest BCUT2D eigenvalue weighted by atomic mass is 32.2. The van der Waals surface area contributed by atoms with Gasteiger partial charge in [-0.2, -0.15) is 11.8 Å². The average molecular weight is 263 g/mol. The van der Waals surface area contributed by atoms with Crippen LogP contribution in [0.25, 0.3) is 0 Å². The molecule has 0 aromatic heterocycles. The normalized spacial score (nSPS) is 11.8. The summed E-state index contributed by atoms with van der Waals surface area (Å²) in [5.41, 5.74) is 1.15. The van der Waals surface area contributed by atoms with Gasteiger partial charge in [-0.05, 0) is 18.7 Å². The minimum atomic E-state index is 0.318. The molecule has 1 aromatic carbocycles. The average Bonchev–Trinajstić information content (AvgIpc) is 2.41. The van der Waals surface area contributed by atoms with E-state index in [0.29, 0.717) is 12.6 Å². The molecule has 0 amide bonds. The lowest BCUT2D eigenvalue weighted by molar-refractivity contribution is 0.364. The smallest absolute Gasteiger partial charge is 0.148 e. The Balaban J connectivity index is 2.48. The van der Waals surface area contributed by atoms with E-state index in [0.717, 1.165) is 29.4 Å². The summed E-state index contributed by atoms with van der Waals surface area (Å²) in [7, 11) is 0. The van der Waals surface area contributed by atoms with Crippen LogP contribution >= 0.6 is 11.8 Å². The van der Waals surface area contributed by atoms with Gasteiger partial charge in [0.05, 0.1) is 0 Å². The van der Waals surface area contributed by atoms with Crippen molar-refractivity contribution in [3.63, 3.8) is 0 Å². The minimum absolute atomic E-state index is 0.318. The van der Waals surface area contributed by atoms with Gasteiger partial charge >= 0.3 is 0 Å². The molecule has 0 radical (unpaired) electrons. The summed E-state index contributed by atoms with van der Waals surface area (Å²) in [5.74, 6) is 5.65. The Morgan fingerprint density at radius 1 is 1.44 bits per heavy atom. The van der Waals surface area contributed by atoms with Gasteiger partial charge < -0.3 is 10.1 Å². The Morgan fingerprint density at radius 3 is 2.94 bits per heavy atom. The van der Waals surface area contributed by atoms with Crippen molar-refractivity contribution in [3.8, 4) is 18.1 Å². The first-order valence-electron chi connectivity index (χ1n) is 6.23. The van der Waals surface area contributed by atoms with E-state index < -0.39 is 0 Å². The van der Waals surface area contributed by atoms with Crippen LogP contribution in [0.15, 0.2) is 24.3 Å². The molecule has 2 nitrogen and oxygen atoms in total. The number of hydrogen-bond donors (Lipinski definition) is 1. The first-order valence-corrected chi connectivity index (χ1v) is 7.38. The second kappa shape index (κ2) is 8.91. The third-order valence-electron chi connectivity index (χ3n) is 2.50. The summed E-state index contributed by atoms with van der Waals surface area (Å²) in [5, 5.41) is 3.50. The fourth-order valence-electron chi connectivity index (χ4n) is 1.55.